The zero-order chi connectivity index (χ0) is 20.2. The highest BCUT2D eigenvalue weighted by Gasteiger charge is 2.22. The number of hydrogen-bond donors (Lipinski definition) is 2. The quantitative estimate of drug-likeness (QED) is 0.419. The lowest BCUT2D eigenvalue weighted by atomic mass is 10.1. The number of aromatic amines is 1. The van der Waals surface area contributed by atoms with Gasteiger partial charge in [0, 0.05) is 20.2 Å². The molecule has 1 amide bonds. The molecule has 0 aliphatic carbocycles. The van der Waals surface area contributed by atoms with Gasteiger partial charge in [-0.2, -0.15) is 5.10 Å². The van der Waals surface area contributed by atoms with Crippen LogP contribution in [0.5, 0.6) is 0 Å². The van der Waals surface area contributed by atoms with Crippen molar-refractivity contribution in [2.75, 3.05) is 11.9 Å². The van der Waals surface area contributed by atoms with Crippen molar-refractivity contribution >= 4 is 37.2 Å². The zero-order valence-electron chi connectivity index (χ0n) is 16.8. The van der Waals surface area contributed by atoms with Crippen molar-refractivity contribution < 1.29 is 19.1 Å². The van der Waals surface area contributed by atoms with Crippen LogP contribution in [0.3, 0.4) is 0 Å². The first-order valence-corrected chi connectivity index (χ1v) is 12.6. The van der Waals surface area contributed by atoms with Crippen LogP contribution >= 0.6 is 0 Å². The lowest BCUT2D eigenvalue weighted by molar-refractivity contribution is 0.0635. The molecular weight excluding hydrogens is 364 g/mol. The highest BCUT2D eigenvalue weighted by atomic mass is 28.3. The van der Waals surface area contributed by atoms with E-state index in [9.17, 15) is 9.59 Å². The van der Waals surface area contributed by atoms with Gasteiger partial charge in [0.2, 0.25) is 0 Å². The summed E-state index contributed by atoms with van der Waals surface area (Å²) >= 11 is 0. The molecule has 0 aromatic carbocycles. The van der Waals surface area contributed by atoms with Gasteiger partial charge >= 0.3 is 6.09 Å². The fourth-order valence-electron chi connectivity index (χ4n) is 2.38. The minimum Gasteiger partial charge on any atom is -0.444 e. The van der Waals surface area contributed by atoms with Crippen LogP contribution in [0, 0.1) is 0 Å². The van der Waals surface area contributed by atoms with E-state index in [2.05, 4.69) is 40.1 Å². The summed E-state index contributed by atoms with van der Waals surface area (Å²) in [4.78, 5) is 28.0. The first-order valence-electron chi connectivity index (χ1n) is 8.89. The summed E-state index contributed by atoms with van der Waals surface area (Å²) in [5, 5.41) is 9.51. The summed E-state index contributed by atoms with van der Waals surface area (Å²) in [6.07, 6.45) is 1.48. The van der Waals surface area contributed by atoms with Crippen LogP contribution in [0.25, 0.3) is 11.0 Å². The Labute approximate surface area is 160 Å². The van der Waals surface area contributed by atoms with E-state index in [1.807, 2.05) is 0 Å². The largest absolute Gasteiger partial charge is 0.444 e. The van der Waals surface area contributed by atoms with Crippen molar-refractivity contribution in [3.8, 4) is 0 Å². The molecule has 0 atom stereocenters. The molecule has 2 N–H and O–H groups in total. The van der Waals surface area contributed by atoms with Gasteiger partial charge in [-0.15, -0.1) is 0 Å². The van der Waals surface area contributed by atoms with Gasteiger partial charge in [0.1, 0.15) is 16.8 Å². The minimum atomic E-state index is -1.22. The Morgan fingerprint density at radius 2 is 2.04 bits per heavy atom. The minimum absolute atomic E-state index is 0.110. The monoisotopic (exact) mass is 392 g/mol. The van der Waals surface area contributed by atoms with Gasteiger partial charge in [0.15, 0.2) is 6.29 Å². The molecule has 2 heterocycles. The molecule has 0 fully saturated rings. The Bertz CT molecular complexity index is 821. The maximum Gasteiger partial charge on any atom is 0.412 e. The van der Waals surface area contributed by atoms with Gasteiger partial charge < -0.3 is 9.47 Å². The van der Waals surface area contributed by atoms with E-state index in [-0.39, 0.29) is 18.0 Å². The maximum absolute atomic E-state index is 12.2. The number of ether oxygens (including phenoxy) is 2. The number of amides is 1. The Morgan fingerprint density at radius 3 is 2.63 bits per heavy atom. The molecule has 0 aliphatic heterocycles. The Hall–Kier alpha value is -2.26. The van der Waals surface area contributed by atoms with Crippen LogP contribution in [0.15, 0.2) is 6.20 Å². The topological polar surface area (TPSA) is 106 Å². The number of hydrogen-bond acceptors (Lipinski definition) is 6. The number of carbonyl (C=O) groups excluding carboxylic acids is 2. The number of nitrogens with zero attached hydrogens (tertiary/aromatic N) is 2. The third kappa shape index (κ3) is 6.14. The number of anilines is 1. The predicted octanol–water partition coefficient (Wildman–Crippen LogP) is 3.97. The van der Waals surface area contributed by atoms with Gasteiger partial charge in [-0.3, -0.25) is 15.2 Å². The van der Waals surface area contributed by atoms with E-state index >= 15 is 0 Å². The normalized spacial score (nSPS) is 12.2. The van der Waals surface area contributed by atoms with Crippen molar-refractivity contribution in [1.29, 1.82) is 0 Å². The summed E-state index contributed by atoms with van der Waals surface area (Å²) < 4.78 is 11.2. The number of pyridine rings is 1. The summed E-state index contributed by atoms with van der Waals surface area (Å²) in [5.74, 6) is 0. The van der Waals surface area contributed by atoms with E-state index in [0.29, 0.717) is 29.5 Å². The molecule has 0 saturated carbocycles. The van der Waals surface area contributed by atoms with Gasteiger partial charge in [0.25, 0.3) is 0 Å². The molecule has 0 radical (unpaired) electrons. The first kappa shape index (κ1) is 21.0. The third-order valence-electron chi connectivity index (χ3n) is 3.70. The zero-order valence-corrected chi connectivity index (χ0v) is 17.8. The van der Waals surface area contributed by atoms with Crippen molar-refractivity contribution in [3.05, 3.63) is 17.5 Å². The van der Waals surface area contributed by atoms with Gasteiger partial charge in [-0.25, -0.2) is 9.78 Å². The van der Waals surface area contributed by atoms with Crippen molar-refractivity contribution in [3.63, 3.8) is 0 Å². The number of carbonyl (C=O) groups is 2. The van der Waals surface area contributed by atoms with Crippen LogP contribution in [-0.2, 0) is 16.1 Å². The summed E-state index contributed by atoms with van der Waals surface area (Å²) in [6.45, 7) is 13.0. The highest BCUT2D eigenvalue weighted by Crippen LogP contribution is 2.27. The molecule has 2 rings (SSSR count). The second kappa shape index (κ2) is 8.18. The molecule has 27 heavy (non-hydrogen) atoms. The second-order valence-corrected chi connectivity index (χ2v) is 14.2. The molecule has 0 bridgehead atoms. The van der Waals surface area contributed by atoms with Gasteiger partial charge in [-0.05, 0) is 26.8 Å². The number of nitrogens with one attached hydrogen (secondary N) is 2. The van der Waals surface area contributed by atoms with Crippen LogP contribution in [0.4, 0.5) is 10.5 Å². The molecule has 2 aromatic rings. The van der Waals surface area contributed by atoms with Gasteiger partial charge in [0.05, 0.1) is 24.0 Å². The maximum atomic E-state index is 12.2. The van der Waals surface area contributed by atoms with E-state index in [1.165, 1.54) is 6.20 Å². The smallest absolute Gasteiger partial charge is 0.412 e. The molecule has 2 aromatic heterocycles. The lowest BCUT2D eigenvalue weighted by Crippen LogP contribution is -2.28. The molecule has 0 spiro atoms. The highest BCUT2D eigenvalue weighted by molar-refractivity contribution is 6.76. The number of aldehydes is 1. The van der Waals surface area contributed by atoms with Crippen molar-refractivity contribution in [1.82, 2.24) is 15.2 Å². The van der Waals surface area contributed by atoms with Crippen LogP contribution in [0.1, 0.15) is 36.8 Å². The number of H-pyrrole nitrogens is 1. The first-order chi connectivity index (χ1) is 12.5. The number of aromatic nitrogens is 3. The summed E-state index contributed by atoms with van der Waals surface area (Å²) in [7, 11) is -1.22. The van der Waals surface area contributed by atoms with E-state index < -0.39 is 19.8 Å². The average Bonchev–Trinajstić information content (AvgIpc) is 2.97. The Kier molecular flexibility index (Phi) is 6.37. The standard InChI is InChI=1S/C18H28N4O4Si/c1-18(2,3)26-17(24)21-15-12(11-25-7-8-27(4,5)6)16-13(9-19-22-16)20-14(15)10-23/h9-10H,7-8,11H2,1-6H3,(H,19,22)(H,21,24). The van der Waals surface area contributed by atoms with Crippen molar-refractivity contribution in [2.45, 2.75) is 58.7 Å². The van der Waals surface area contributed by atoms with Crippen LogP contribution in [0.2, 0.25) is 25.7 Å². The van der Waals surface area contributed by atoms with Crippen LogP contribution in [-0.4, -0.2) is 47.8 Å². The molecule has 0 aliphatic rings. The SMILES string of the molecule is CC(C)(C)OC(=O)Nc1c(C=O)nc2cn[nH]c2c1COCC[Si](C)(C)C. The lowest BCUT2D eigenvalue weighted by Gasteiger charge is -2.21. The Balaban J connectivity index is 2.32. The van der Waals surface area contributed by atoms with E-state index in [1.54, 1.807) is 20.8 Å². The Morgan fingerprint density at radius 1 is 1.33 bits per heavy atom. The second-order valence-electron chi connectivity index (χ2n) is 8.59. The fraction of sp³-hybridized carbons (Fsp3) is 0.556. The van der Waals surface area contributed by atoms with Gasteiger partial charge in [-0.1, -0.05) is 19.6 Å². The van der Waals surface area contributed by atoms with E-state index in [4.69, 9.17) is 9.47 Å². The van der Waals surface area contributed by atoms with Crippen molar-refractivity contribution in [2.24, 2.45) is 0 Å². The van der Waals surface area contributed by atoms with Crippen LogP contribution < -0.4 is 5.32 Å². The predicted molar refractivity (Wildman–Crippen MR) is 107 cm³/mol. The number of rotatable bonds is 7. The number of fused-ring (bicyclic) bond motifs is 1. The third-order valence-corrected chi connectivity index (χ3v) is 5.40. The summed E-state index contributed by atoms with van der Waals surface area (Å²) in [5.41, 5.74) is 1.52. The summed E-state index contributed by atoms with van der Waals surface area (Å²) in [6, 6.07) is 1.01. The van der Waals surface area contributed by atoms with E-state index in [0.717, 1.165) is 6.04 Å². The molecule has 9 heteroatoms. The molecular formula is C18H28N4O4Si. The molecule has 148 valence electrons. The molecule has 8 nitrogen and oxygen atoms in total. The molecule has 0 saturated heterocycles. The molecule has 0 unspecified atom stereocenters. The fourth-order valence-corrected chi connectivity index (χ4v) is 3.14. The average molecular weight is 393 g/mol.